The number of aliphatic hydroxyl groups is 1. The molecule has 1 aromatic carbocycles. The van der Waals surface area contributed by atoms with Gasteiger partial charge >= 0.3 is 0 Å². The molecule has 5 rings (SSSR count). The molecule has 4 aliphatic carbocycles. The summed E-state index contributed by atoms with van der Waals surface area (Å²) in [7, 11) is 0. The normalized spacial score (nSPS) is 69.4. The predicted octanol–water partition coefficient (Wildman–Crippen LogP) is 5.80. The second kappa shape index (κ2) is 8.17. The standard InChI is InChI=1S/C30H37NO2/c1-5-6-16-30(33)17-15-27-25-13-9-21-18-23(32)12-14-24(21)28(25)26(19-29(27,30)2)20-7-10-22(11-8-20)31(3)4/h7-8,10-11,18,25-27,33H,5,9,12-15,17,19H2,1-4H3/t25-,26+,27-,29-,30-/m0/s1/i2D3,3D3,4D3,5D2,7D,8D,9D2,10D,11D,12D2,13D2,14D2,15D2,17D2,18D,19D2,25D,26D,27D,33D. The predicted molar refractivity (Wildman–Crippen MR) is 134 cm³/mol. The Labute approximate surface area is 246 Å². The first-order chi connectivity index (χ1) is 29.2. The Kier molecular flexibility index (Phi) is 1.42. The van der Waals surface area contributed by atoms with Gasteiger partial charge in [-0.05, 0) is 84.9 Å². The van der Waals surface area contributed by atoms with E-state index in [1.807, 2.05) is 0 Å². The Balaban J connectivity index is 2.43. The molecule has 0 bridgehead atoms. The highest BCUT2D eigenvalue weighted by molar-refractivity contribution is 5.93. The largest absolute Gasteiger partial charge is 0.378 e. The summed E-state index contributed by atoms with van der Waals surface area (Å²) in [6, 6.07) is -9.94. The van der Waals surface area contributed by atoms with Crippen molar-refractivity contribution in [3.63, 3.8) is 0 Å². The van der Waals surface area contributed by atoms with Crippen LogP contribution in [0.25, 0.3) is 0 Å². The van der Waals surface area contributed by atoms with E-state index in [1.165, 1.54) is 5.92 Å². The number of benzene rings is 1. The molecule has 2 fully saturated rings. The van der Waals surface area contributed by atoms with Crippen LogP contribution in [-0.4, -0.2) is 31.9 Å². The molecule has 0 amide bonds. The number of hydrogen-bond donors (Lipinski definition) is 1. The SMILES string of the molecule is [2H]O[C@@]1(C#CC([2H])([2H])C)C([2H])([2H])C([2H])([2H])[C@]2([2H])[C@]1(C([2H])([2H])[2H])C([2H])([2H])[C@]([2H])(c1c([2H])c([2H])c(N(C([2H])([2H])[2H])C([2H])([2H])[2H])c([2H])c1[2H])C1=C3C(=C([2H])C(=O)C([2H])([2H])C3([2H])[2H])C([2H])([2H])C([2H])([2H])[C@]12[2H]. The monoisotopic (exact) mass is 477 g/mol. The van der Waals surface area contributed by atoms with Gasteiger partial charge in [0.2, 0.25) is 1.43 Å². The molecule has 0 spiro atoms. The summed E-state index contributed by atoms with van der Waals surface area (Å²) < 4.78 is 304. The summed E-state index contributed by atoms with van der Waals surface area (Å²) in [4.78, 5) is 12.9. The summed E-state index contributed by atoms with van der Waals surface area (Å²) in [6.45, 7) is -12.3. The van der Waals surface area contributed by atoms with Gasteiger partial charge in [0.1, 0.15) is 5.60 Å². The molecule has 0 unspecified atom stereocenters. The van der Waals surface area contributed by atoms with E-state index in [-0.39, 0.29) is 0 Å². The zero-order chi connectivity index (χ0) is 53.0. The van der Waals surface area contributed by atoms with E-state index in [9.17, 15) is 22.6 Å². The van der Waals surface area contributed by atoms with Crippen LogP contribution in [0, 0.1) is 29.0 Å². The van der Waals surface area contributed by atoms with Gasteiger partial charge in [-0.15, -0.1) is 5.92 Å². The third kappa shape index (κ3) is 3.50. The highest BCUT2D eigenvalue weighted by Gasteiger charge is 2.62. The number of carbonyl (C=O) groups excluding carboxylic acids is 1. The van der Waals surface area contributed by atoms with Crippen LogP contribution in [0.5, 0.6) is 0 Å². The topological polar surface area (TPSA) is 40.5 Å². The van der Waals surface area contributed by atoms with Crippen molar-refractivity contribution in [1.82, 2.24) is 0 Å². The lowest BCUT2D eigenvalue weighted by atomic mass is 9.51. The van der Waals surface area contributed by atoms with Gasteiger partial charge in [-0.2, -0.15) is 0 Å². The van der Waals surface area contributed by atoms with E-state index in [0.717, 1.165) is 0 Å². The van der Waals surface area contributed by atoms with Gasteiger partial charge in [0.05, 0.1) is 6.85 Å². The average molecular weight is 478 g/mol. The van der Waals surface area contributed by atoms with E-state index in [1.54, 1.807) is 5.92 Å². The highest BCUT2D eigenvalue weighted by atomic mass is 16.3. The van der Waals surface area contributed by atoms with Crippen LogP contribution < -0.4 is 4.90 Å². The Morgan fingerprint density at radius 1 is 1.33 bits per heavy atom. The van der Waals surface area contributed by atoms with Crippen LogP contribution in [0.4, 0.5) is 5.69 Å². The van der Waals surface area contributed by atoms with Crippen molar-refractivity contribution in [1.29, 1.82) is 1.43 Å². The maximum absolute atomic E-state index is 13.5. The summed E-state index contributed by atoms with van der Waals surface area (Å²) in [6.07, 6.45) is -36.4. The summed E-state index contributed by atoms with van der Waals surface area (Å²) in [5, 5.41) is 4.62. The van der Waals surface area contributed by atoms with Crippen LogP contribution in [0.3, 0.4) is 0 Å². The number of ketones is 1. The molecule has 1 aromatic rings. The fourth-order valence-electron chi connectivity index (χ4n) is 3.59. The highest BCUT2D eigenvalue weighted by Crippen LogP contribution is 2.66. The molecule has 33 heavy (non-hydrogen) atoms. The smallest absolute Gasteiger partial charge is 0.212 e. The average Bonchev–Trinajstić information content (AvgIpc) is 3.21. The van der Waals surface area contributed by atoms with Crippen molar-refractivity contribution in [2.24, 2.45) is 17.2 Å². The second-order valence-corrected chi connectivity index (χ2v) is 7.07. The minimum atomic E-state index is -5.26. The minimum absolute atomic E-state index is 0.584. The molecule has 0 heterocycles. The molecule has 3 heteroatoms. The molecule has 4 aliphatic rings. The Bertz CT molecular complexity index is 2450. The second-order valence-electron chi connectivity index (χ2n) is 7.07. The molecule has 2 saturated carbocycles. The third-order valence-electron chi connectivity index (χ3n) is 5.13. The Morgan fingerprint density at radius 2 is 2.18 bits per heavy atom. The third-order valence-corrected chi connectivity index (χ3v) is 5.13. The number of fused-ring (bicyclic) bond motifs is 4. The number of rotatable bonds is 3. The van der Waals surface area contributed by atoms with Gasteiger partial charge in [0, 0.05) is 82.1 Å². The van der Waals surface area contributed by atoms with Gasteiger partial charge in [0.25, 0.3) is 0 Å². The summed E-state index contributed by atoms with van der Waals surface area (Å²) >= 11 is 0. The fourth-order valence-corrected chi connectivity index (χ4v) is 3.59. The zero-order valence-corrected chi connectivity index (χ0v) is 16.8. The number of hydrogen-bond acceptors (Lipinski definition) is 3. The van der Waals surface area contributed by atoms with Crippen LogP contribution in [0.1, 0.15) is 121 Å². The lowest BCUT2D eigenvalue weighted by Gasteiger charge is -2.53. The maximum Gasteiger partial charge on any atom is 0.212 e. The van der Waals surface area contributed by atoms with Gasteiger partial charge in [-0.1, -0.05) is 37.4 Å². The van der Waals surface area contributed by atoms with E-state index in [2.05, 4.69) is 5.11 Å². The van der Waals surface area contributed by atoms with Crippen LogP contribution in [0.2, 0.25) is 0 Å². The Morgan fingerprint density at radius 3 is 2.91 bits per heavy atom. The van der Waals surface area contributed by atoms with E-state index in [4.69, 9.17) is 28.8 Å². The number of anilines is 1. The molecule has 5 atom stereocenters. The molecular formula is C30H37NO2. The van der Waals surface area contributed by atoms with Gasteiger partial charge in [0.15, 0.2) is 5.78 Å². The Hall–Kier alpha value is -2.31. The lowest BCUT2D eigenvalue weighted by molar-refractivity contribution is -0.114. The van der Waals surface area contributed by atoms with Crippen molar-refractivity contribution in [2.75, 3.05) is 18.9 Å². The van der Waals surface area contributed by atoms with Crippen molar-refractivity contribution < 1.29 is 55.1 Å². The quantitative estimate of drug-likeness (QED) is 0.560. The number of carbonyl (C=O) groups is 1. The van der Waals surface area contributed by atoms with Gasteiger partial charge < -0.3 is 10.0 Å². The molecule has 0 aromatic heterocycles. The van der Waals surface area contributed by atoms with Gasteiger partial charge in [-0.25, -0.2) is 0 Å². The lowest BCUT2D eigenvalue weighted by Crippen LogP contribution is -2.51. The zero-order valence-electron chi connectivity index (χ0n) is 50.8. The first-order valence-corrected chi connectivity index (χ1v) is 9.33. The molecule has 1 N–H and O–H groups in total. The van der Waals surface area contributed by atoms with E-state index in [0.29, 0.717) is 6.92 Å². The first-order valence-electron chi connectivity index (χ1n) is 26.2. The van der Waals surface area contributed by atoms with Crippen molar-refractivity contribution >= 4 is 11.5 Å². The number of allylic oxidation sites excluding steroid dienone is 4. The van der Waals surface area contributed by atoms with Gasteiger partial charge in [-0.3, -0.25) is 4.79 Å². The number of nitrogens with zero attached hydrogens (tertiary/aromatic N) is 1. The summed E-state index contributed by atoms with van der Waals surface area (Å²) in [5.41, 5.74) is -20.6. The van der Waals surface area contributed by atoms with Crippen molar-refractivity contribution in [3.05, 3.63) is 52.5 Å². The molecule has 0 aliphatic heterocycles. The molecular weight excluding hydrogens is 406 g/mol. The fraction of sp³-hybridized carbons (Fsp3) is 0.567. The van der Waals surface area contributed by atoms with Crippen LogP contribution in [-0.2, 0) is 4.79 Å². The van der Waals surface area contributed by atoms with E-state index < -0.39 is 169 Å². The van der Waals surface area contributed by atoms with Crippen molar-refractivity contribution in [3.8, 4) is 11.8 Å². The van der Waals surface area contributed by atoms with Crippen molar-refractivity contribution in [2.45, 2.75) is 76.3 Å². The molecule has 0 saturated heterocycles. The van der Waals surface area contributed by atoms with Crippen LogP contribution in [0.15, 0.2) is 46.9 Å². The van der Waals surface area contributed by atoms with Crippen LogP contribution >= 0.6 is 0 Å². The molecule has 3 nitrogen and oxygen atoms in total. The molecule has 0 radical (unpaired) electrons. The summed E-state index contributed by atoms with van der Waals surface area (Å²) in [5.74, 6) is -14.6. The maximum atomic E-state index is 13.5. The van der Waals surface area contributed by atoms with E-state index >= 15 is 0 Å². The minimum Gasteiger partial charge on any atom is -0.378 e. The first kappa shape index (κ1) is 5.73. The molecule has 174 valence electrons.